The fourth-order valence-electron chi connectivity index (χ4n) is 3.77. The highest BCUT2D eigenvalue weighted by molar-refractivity contribution is 5.80. The van der Waals surface area contributed by atoms with Gasteiger partial charge in [-0.15, -0.1) is 0 Å². The molecular weight excluding hydrogens is 382 g/mol. The van der Waals surface area contributed by atoms with Crippen LogP contribution < -0.4 is 14.8 Å². The zero-order chi connectivity index (χ0) is 20.6. The van der Waals surface area contributed by atoms with E-state index in [1.54, 1.807) is 12.1 Å². The van der Waals surface area contributed by atoms with Crippen LogP contribution in [-0.4, -0.2) is 81.5 Å². The van der Waals surface area contributed by atoms with Crippen molar-refractivity contribution in [1.82, 2.24) is 15.1 Å². The molecule has 2 heterocycles. The Labute approximate surface area is 170 Å². The van der Waals surface area contributed by atoms with Crippen LogP contribution in [0, 0.1) is 0 Å². The molecule has 0 radical (unpaired) electrons. The van der Waals surface area contributed by atoms with Crippen LogP contribution in [0.2, 0.25) is 0 Å². The number of hydrogen-bond donors (Lipinski definition) is 1. The minimum atomic E-state index is -2.90. The Morgan fingerprint density at radius 1 is 1.28 bits per heavy atom. The van der Waals surface area contributed by atoms with Crippen molar-refractivity contribution in [2.75, 3.05) is 53.0 Å². The molecule has 0 amide bonds. The summed E-state index contributed by atoms with van der Waals surface area (Å²) in [6.07, 6.45) is 1.10. The topological polar surface area (TPSA) is 58.6 Å². The summed E-state index contributed by atoms with van der Waals surface area (Å²) < 4.78 is 40.4. The van der Waals surface area contributed by atoms with E-state index in [0.29, 0.717) is 12.6 Å². The van der Waals surface area contributed by atoms with Gasteiger partial charge in [-0.1, -0.05) is 6.07 Å². The summed E-state index contributed by atoms with van der Waals surface area (Å²) in [5, 5.41) is 3.34. The summed E-state index contributed by atoms with van der Waals surface area (Å²) in [4.78, 5) is 9.48. The number of ether oxygens (including phenoxy) is 3. The molecule has 0 bridgehead atoms. The summed E-state index contributed by atoms with van der Waals surface area (Å²) in [6.45, 7) is 5.68. The van der Waals surface area contributed by atoms with Crippen LogP contribution >= 0.6 is 0 Å². The Hall–Kier alpha value is -2.13. The molecule has 0 spiro atoms. The molecule has 0 saturated carbocycles. The second-order valence-electron chi connectivity index (χ2n) is 7.07. The number of benzene rings is 1. The summed E-state index contributed by atoms with van der Waals surface area (Å²) in [5.41, 5.74) is 0.778. The molecule has 7 nitrogen and oxygen atoms in total. The van der Waals surface area contributed by atoms with Crippen LogP contribution in [0.3, 0.4) is 0 Å². The van der Waals surface area contributed by atoms with Gasteiger partial charge in [-0.2, -0.15) is 8.78 Å². The lowest BCUT2D eigenvalue weighted by Crippen LogP contribution is -2.46. The number of nitrogens with zero attached hydrogens (tertiary/aromatic N) is 3. The Bertz CT molecular complexity index is 684. The minimum Gasteiger partial charge on any atom is -0.493 e. The Morgan fingerprint density at radius 3 is 2.76 bits per heavy atom. The van der Waals surface area contributed by atoms with Crippen molar-refractivity contribution in [3.63, 3.8) is 0 Å². The lowest BCUT2D eigenvalue weighted by atomic mass is 10.2. The highest BCUT2D eigenvalue weighted by atomic mass is 19.3. The number of guanidine groups is 1. The lowest BCUT2D eigenvalue weighted by molar-refractivity contribution is -0.0512. The first-order valence-corrected chi connectivity index (χ1v) is 10.1. The molecule has 1 aromatic rings. The number of rotatable bonds is 7. The number of alkyl halides is 2. The van der Waals surface area contributed by atoms with Crippen LogP contribution in [0.1, 0.15) is 18.9 Å². The van der Waals surface area contributed by atoms with E-state index in [2.05, 4.69) is 19.9 Å². The highest BCUT2D eigenvalue weighted by Gasteiger charge is 2.30. The van der Waals surface area contributed by atoms with Crippen molar-refractivity contribution in [1.29, 1.82) is 0 Å². The molecule has 2 aliphatic heterocycles. The first-order chi connectivity index (χ1) is 14.1. The first kappa shape index (κ1) is 21.6. The van der Waals surface area contributed by atoms with E-state index in [4.69, 9.17) is 14.5 Å². The average molecular weight is 412 g/mol. The summed E-state index contributed by atoms with van der Waals surface area (Å²) in [6, 6.07) is 5.50. The lowest BCUT2D eigenvalue weighted by Gasteiger charge is -2.32. The van der Waals surface area contributed by atoms with Gasteiger partial charge in [0.1, 0.15) is 0 Å². The predicted molar refractivity (Wildman–Crippen MR) is 107 cm³/mol. The van der Waals surface area contributed by atoms with Gasteiger partial charge in [0.25, 0.3) is 0 Å². The van der Waals surface area contributed by atoms with Gasteiger partial charge in [-0.3, -0.25) is 4.90 Å². The van der Waals surface area contributed by atoms with E-state index in [1.807, 2.05) is 13.0 Å². The van der Waals surface area contributed by atoms with E-state index < -0.39 is 6.61 Å². The van der Waals surface area contributed by atoms with Crippen molar-refractivity contribution >= 4 is 5.96 Å². The van der Waals surface area contributed by atoms with Gasteiger partial charge < -0.3 is 24.4 Å². The number of aliphatic imine (C=N–C) groups is 1. The molecule has 1 unspecified atom stereocenters. The number of halogens is 2. The molecule has 1 atom stereocenters. The van der Waals surface area contributed by atoms with Crippen LogP contribution in [0.5, 0.6) is 11.5 Å². The third-order valence-electron chi connectivity index (χ3n) is 5.22. The van der Waals surface area contributed by atoms with Gasteiger partial charge in [-0.25, -0.2) is 4.99 Å². The maximum atomic E-state index is 12.6. The fraction of sp³-hybridized carbons (Fsp3) is 0.650. The van der Waals surface area contributed by atoms with Gasteiger partial charge in [0.15, 0.2) is 17.5 Å². The molecule has 3 rings (SSSR count). The van der Waals surface area contributed by atoms with Crippen molar-refractivity contribution in [3.8, 4) is 11.5 Å². The Balaban J connectivity index is 1.66. The average Bonchev–Trinajstić information content (AvgIpc) is 3.21. The van der Waals surface area contributed by atoms with Crippen molar-refractivity contribution in [3.05, 3.63) is 23.8 Å². The van der Waals surface area contributed by atoms with Crippen LogP contribution in [0.4, 0.5) is 8.78 Å². The molecule has 1 aromatic carbocycles. The quantitative estimate of drug-likeness (QED) is 0.547. The Morgan fingerprint density at radius 2 is 2.07 bits per heavy atom. The molecule has 1 N–H and O–H groups in total. The molecule has 29 heavy (non-hydrogen) atoms. The predicted octanol–water partition coefficient (Wildman–Crippen LogP) is 2.17. The molecule has 2 fully saturated rings. The van der Waals surface area contributed by atoms with E-state index in [-0.39, 0.29) is 11.5 Å². The van der Waals surface area contributed by atoms with Gasteiger partial charge in [0, 0.05) is 38.8 Å². The van der Waals surface area contributed by atoms with E-state index >= 15 is 0 Å². The van der Waals surface area contributed by atoms with Gasteiger partial charge in [0.2, 0.25) is 0 Å². The monoisotopic (exact) mass is 412 g/mol. The van der Waals surface area contributed by atoms with Gasteiger partial charge in [0.05, 0.1) is 26.9 Å². The standard InChI is InChI=1S/C20H30F2N4O3/c1-3-23-20(26-7-6-16(14-26)25-8-10-28-11-9-25)24-13-15-4-5-17(27-2)18(12-15)29-19(21)22/h4-5,12,16,19H,3,6-11,13-14H2,1-2H3,(H,23,24). The number of likely N-dealkylation sites (tertiary alicyclic amines) is 1. The zero-order valence-electron chi connectivity index (χ0n) is 17.1. The molecule has 2 aliphatic rings. The molecule has 162 valence electrons. The highest BCUT2D eigenvalue weighted by Crippen LogP contribution is 2.29. The van der Waals surface area contributed by atoms with E-state index in [9.17, 15) is 8.78 Å². The van der Waals surface area contributed by atoms with Gasteiger partial charge >= 0.3 is 6.61 Å². The summed E-state index contributed by atoms with van der Waals surface area (Å²) in [5.74, 6) is 1.14. The van der Waals surface area contributed by atoms with Gasteiger partial charge in [-0.05, 0) is 31.0 Å². The zero-order valence-corrected chi connectivity index (χ0v) is 17.1. The van der Waals surface area contributed by atoms with Crippen molar-refractivity contribution in [2.24, 2.45) is 4.99 Å². The van der Waals surface area contributed by atoms with E-state index in [1.165, 1.54) is 7.11 Å². The third-order valence-corrected chi connectivity index (χ3v) is 5.22. The number of morpholine rings is 1. The van der Waals surface area contributed by atoms with Crippen LogP contribution in [0.15, 0.2) is 23.2 Å². The summed E-state index contributed by atoms with van der Waals surface area (Å²) >= 11 is 0. The summed E-state index contributed by atoms with van der Waals surface area (Å²) in [7, 11) is 1.42. The molecule has 9 heteroatoms. The normalized spacial score (nSPS) is 20.9. The number of methoxy groups -OCH3 is 1. The molecular formula is C20H30F2N4O3. The largest absolute Gasteiger partial charge is 0.493 e. The molecule has 0 aliphatic carbocycles. The first-order valence-electron chi connectivity index (χ1n) is 10.1. The smallest absolute Gasteiger partial charge is 0.387 e. The fourth-order valence-corrected chi connectivity index (χ4v) is 3.77. The number of hydrogen-bond acceptors (Lipinski definition) is 5. The van der Waals surface area contributed by atoms with Crippen molar-refractivity contribution < 1.29 is 23.0 Å². The Kier molecular flexibility index (Phi) is 7.88. The molecule has 0 aromatic heterocycles. The maximum absolute atomic E-state index is 12.6. The minimum absolute atomic E-state index is 0.0220. The third kappa shape index (κ3) is 5.93. The molecule has 2 saturated heterocycles. The maximum Gasteiger partial charge on any atom is 0.387 e. The number of nitrogens with one attached hydrogen (secondary N) is 1. The van der Waals surface area contributed by atoms with Crippen LogP contribution in [0.25, 0.3) is 0 Å². The van der Waals surface area contributed by atoms with E-state index in [0.717, 1.165) is 63.9 Å². The SMILES string of the molecule is CCNC(=NCc1ccc(OC)c(OC(F)F)c1)N1CCC(N2CCOCC2)C1. The second-order valence-corrected chi connectivity index (χ2v) is 7.07. The van der Waals surface area contributed by atoms with Crippen LogP contribution in [-0.2, 0) is 11.3 Å². The van der Waals surface area contributed by atoms with Crippen molar-refractivity contribution in [2.45, 2.75) is 32.5 Å². The second kappa shape index (κ2) is 10.6.